The number of benzene rings is 2. The van der Waals surface area contributed by atoms with E-state index < -0.39 is 23.7 Å². The molecular formula is C17H12FNO4. The van der Waals surface area contributed by atoms with Crippen LogP contribution in [0, 0.1) is 5.82 Å². The van der Waals surface area contributed by atoms with Crippen molar-refractivity contribution in [3.05, 3.63) is 71.7 Å². The Morgan fingerprint density at radius 1 is 1.09 bits per heavy atom. The Balaban J connectivity index is 1.93. The van der Waals surface area contributed by atoms with Crippen molar-refractivity contribution in [1.82, 2.24) is 5.32 Å². The molecule has 6 heteroatoms. The van der Waals surface area contributed by atoms with Gasteiger partial charge in [0.1, 0.15) is 17.7 Å². The fourth-order valence-corrected chi connectivity index (χ4v) is 2.34. The van der Waals surface area contributed by atoms with Crippen LogP contribution in [-0.4, -0.2) is 17.0 Å². The fraction of sp³-hybridized carbons (Fsp3) is 0.0588. The first-order chi connectivity index (χ1) is 11.1. The molecule has 0 saturated carbocycles. The molecule has 1 unspecified atom stereocenters. The van der Waals surface area contributed by atoms with Crippen LogP contribution in [-0.2, 0) is 4.79 Å². The Kier molecular flexibility index (Phi) is 3.80. The molecule has 0 radical (unpaired) electrons. The van der Waals surface area contributed by atoms with E-state index in [1.165, 1.54) is 24.5 Å². The molecule has 0 bridgehead atoms. The molecule has 3 rings (SSSR count). The minimum absolute atomic E-state index is 0.110. The number of carboxylic acids is 1. The van der Waals surface area contributed by atoms with Gasteiger partial charge in [-0.15, -0.1) is 0 Å². The van der Waals surface area contributed by atoms with Crippen molar-refractivity contribution in [2.45, 2.75) is 6.04 Å². The van der Waals surface area contributed by atoms with Crippen LogP contribution >= 0.6 is 0 Å². The van der Waals surface area contributed by atoms with E-state index in [1.807, 2.05) is 0 Å². The molecule has 1 atom stereocenters. The van der Waals surface area contributed by atoms with Gasteiger partial charge in [0.2, 0.25) is 0 Å². The van der Waals surface area contributed by atoms with Gasteiger partial charge in [0.15, 0.2) is 6.04 Å². The predicted molar refractivity (Wildman–Crippen MR) is 80.5 cm³/mol. The van der Waals surface area contributed by atoms with E-state index in [0.717, 1.165) is 6.07 Å². The summed E-state index contributed by atoms with van der Waals surface area (Å²) in [7, 11) is 0. The number of amides is 1. The molecule has 0 spiro atoms. The molecule has 23 heavy (non-hydrogen) atoms. The molecular weight excluding hydrogens is 301 g/mol. The second-order valence-electron chi connectivity index (χ2n) is 4.91. The number of fused-ring (bicyclic) bond motifs is 1. The maximum atomic E-state index is 13.8. The van der Waals surface area contributed by atoms with Crippen LogP contribution in [0.4, 0.5) is 4.39 Å². The van der Waals surface area contributed by atoms with E-state index in [0.29, 0.717) is 11.0 Å². The summed E-state index contributed by atoms with van der Waals surface area (Å²) in [6.45, 7) is 0. The van der Waals surface area contributed by atoms with Crippen LogP contribution in [0.15, 0.2) is 59.2 Å². The summed E-state index contributed by atoms with van der Waals surface area (Å²) in [5.74, 6) is -2.70. The van der Waals surface area contributed by atoms with Crippen molar-refractivity contribution in [2.24, 2.45) is 0 Å². The van der Waals surface area contributed by atoms with Gasteiger partial charge in [0.05, 0.1) is 5.56 Å². The molecule has 0 aliphatic rings. The van der Waals surface area contributed by atoms with Crippen molar-refractivity contribution in [2.75, 3.05) is 0 Å². The van der Waals surface area contributed by atoms with Gasteiger partial charge in [-0.3, -0.25) is 4.79 Å². The summed E-state index contributed by atoms with van der Waals surface area (Å²) in [5, 5.41) is 12.2. The highest BCUT2D eigenvalue weighted by molar-refractivity contribution is 6.06. The zero-order chi connectivity index (χ0) is 16.4. The summed E-state index contributed by atoms with van der Waals surface area (Å²) < 4.78 is 19.1. The number of furan rings is 1. The molecule has 1 heterocycles. The summed E-state index contributed by atoms with van der Waals surface area (Å²) >= 11 is 0. The molecule has 1 aromatic heterocycles. The van der Waals surface area contributed by atoms with Crippen molar-refractivity contribution in [1.29, 1.82) is 0 Å². The van der Waals surface area contributed by atoms with Crippen LogP contribution < -0.4 is 5.32 Å². The number of rotatable bonds is 4. The lowest BCUT2D eigenvalue weighted by Gasteiger charge is -2.15. The number of hydrogen-bond acceptors (Lipinski definition) is 3. The van der Waals surface area contributed by atoms with Crippen molar-refractivity contribution >= 4 is 22.8 Å². The number of aliphatic carboxylic acids is 1. The van der Waals surface area contributed by atoms with Crippen LogP contribution in [0.2, 0.25) is 0 Å². The maximum Gasteiger partial charge on any atom is 0.331 e. The monoisotopic (exact) mass is 313 g/mol. The van der Waals surface area contributed by atoms with Gasteiger partial charge in [-0.25, -0.2) is 9.18 Å². The number of para-hydroxylation sites is 1. The van der Waals surface area contributed by atoms with Gasteiger partial charge in [-0.1, -0.05) is 36.4 Å². The van der Waals surface area contributed by atoms with Gasteiger partial charge in [-0.05, 0) is 12.1 Å². The minimum Gasteiger partial charge on any atom is -0.479 e. The first-order valence-corrected chi connectivity index (χ1v) is 6.82. The number of carboxylic acid groups (broad SMARTS) is 1. The normalized spacial score (nSPS) is 12.0. The van der Waals surface area contributed by atoms with Gasteiger partial charge in [0.25, 0.3) is 5.91 Å². The van der Waals surface area contributed by atoms with E-state index in [1.54, 1.807) is 24.3 Å². The molecule has 1 amide bonds. The van der Waals surface area contributed by atoms with Crippen LogP contribution in [0.3, 0.4) is 0 Å². The zero-order valence-corrected chi connectivity index (χ0v) is 11.8. The molecule has 3 aromatic rings. The van der Waals surface area contributed by atoms with Gasteiger partial charge in [0, 0.05) is 10.9 Å². The van der Waals surface area contributed by atoms with Gasteiger partial charge in [-0.2, -0.15) is 0 Å². The third kappa shape index (κ3) is 2.78. The maximum absolute atomic E-state index is 13.8. The Labute approximate surface area is 130 Å². The highest BCUT2D eigenvalue weighted by Crippen LogP contribution is 2.23. The number of carbonyl (C=O) groups excluding carboxylic acids is 1. The second-order valence-corrected chi connectivity index (χ2v) is 4.91. The van der Waals surface area contributed by atoms with E-state index in [9.17, 15) is 19.1 Å². The standard InChI is InChI=1S/C17H12FNO4/c18-13-7-3-1-6-11(13)15(17(21)22)19-16(20)12-9-23-14-8-4-2-5-10(12)14/h1-9,15H,(H,19,20)(H,21,22). The first kappa shape index (κ1) is 14.8. The highest BCUT2D eigenvalue weighted by Gasteiger charge is 2.26. The molecule has 5 nitrogen and oxygen atoms in total. The minimum atomic E-state index is -1.49. The second kappa shape index (κ2) is 5.92. The topological polar surface area (TPSA) is 79.5 Å². The van der Waals surface area contributed by atoms with Crippen LogP contribution in [0.1, 0.15) is 22.0 Å². The van der Waals surface area contributed by atoms with E-state index in [-0.39, 0.29) is 11.1 Å². The Hall–Kier alpha value is -3.15. The number of nitrogens with one attached hydrogen (secondary N) is 1. The molecule has 0 saturated heterocycles. The van der Waals surface area contributed by atoms with Gasteiger partial charge < -0.3 is 14.8 Å². The number of carbonyl (C=O) groups is 2. The lowest BCUT2D eigenvalue weighted by molar-refractivity contribution is -0.139. The summed E-state index contributed by atoms with van der Waals surface area (Å²) in [4.78, 5) is 23.8. The average molecular weight is 313 g/mol. The zero-order valence-electron chi connectivity index (χ0n) is 11.8. The SMILES string of the molecule is O=C(NC(C(=O)O)c1ccccc1F)c1coc2ccccc12. The highest BCUT2D eigenvalue weighted by atomic mass is 19.1. The molecule has 2 aromatic carbocycles. The van der Waals surface area contributed by atoms with Crippen LogP contribution in [0.25, 0.3) is 11.0 Å². The lowest BCUT2D eigenvalue weighted by atomic mass is 10.1. The average Bonchev–Trinajstić information content (AvgIpc) is 2.97. The Morgan fingerprint density at radius 3 is 2.52 bits per heavy atom. The largest absolute Gasteiger partial charge is 0.479 e. The first-order valence-electron chi connectivity index (χ1n) is 6.82. The Bertz CT molecular complexity index is 887. The molecule has 0 fully saturated rings. The van der Waals surface area contributed by atoms with Crippen molar-refractivity contribution < 1.29 is 23.5 Å². The van der Waals surface area contributed by atoms with Crippen LogP contribution in [0.5, 0.6) is 0 Å². The van der Waals surface area contributed by atoms with Gasteiger partial charge >= 0.3 is 5.97 Å². The number of halogens is 1. The molecule has 116 valence electrons. The van der Waals surface area contributed by atoms with Crippen molar-refractivity contribution in [3.63, 3.8) is 0 Å². The molecule has 2 N–H and O–H groups in total. The summed E-state index contributed by atoms with van der Waals surface area (Å²) in [6, 6.07) is 10.8. The number of hydrogen-bond donors (Lipinski definition) is 2. The summed E-state index contributed by atoms with van der Waals surface area (Å²) in [5.41, 5.74) is 0.597. The molecule has 0 aliphatic carbocycles. The smallest absolute Gasteiger partial charge is 0.331 e. The Morgan fingerprint density at radius 2 is 1.78 bits per heavy atom. The third-order valence-corrected chi connectivity index (χ3v) is 3.46. The van der Waals surface area contributed by atoms with E-state index >= 15 is 0 Å². The fourth-order valence-electron chi connectivity index (χ4n) is 2.34. The molecule has 0 aliphatic heterocycles. The predicted octanol–water partition coefficient (Wildman–Crippen LogP) is 3.13. The van der Waals surface area contributed by atoms with Crippen molar-refractivity contribution in [3.8, 4) is 0 Å². The third-order valence-electron chi connectivity index (χ3n) is 3.46. The van der Waals surface area contributed by atoms with E-state index in [2.05, 4.69) is 5.32 Å². The quantitative estimate of drug-likeness (QED) is 0.775. The van der Waals surface area contributed by atoms with E-state index in [4.69, 9.17) is 4.42 Å². The lowest BCUT2D eigenvalue weighted by Crippen LogP contribution is -2.34. The summed E-state index contributed by atoms with van der Waals surface area (Å²) in [6.07, 6.45) is 1.25.